The molecule has 1 aliphatic heterocycles. The Morgan fingerprint density at radius 2 is 2.15 bits per heavy atom. The molecule has 0 radical (unpaired) electrons. The molecule has 9 nitrogen and oxygen atoms in total. The molecule has 0 aliphatic carbocycles. The molecule has 9 heteroatoms. The number of aryl methyl sites for hydroxylation is 1. The van der Waals surface area contributed by atoms with E-state index >= 15 is 0 Å². The number of anilines is 1. The van der Waals surface area contributed by atoms with Gasteiger partial charge in [0.25, 0.3) is 5.69 Å². The van der Waals surface area contributed by atoms with Crippen molar-refractivity contribution in [1.29, 1.82) is 0 Å². The van der Waals surface area contributed by atoms with Gasteiger partial charge in [-0.3, -0.25) is 14.9 Å². The van der Waals surface area contributed by atoms with Gasteiger partial charge < -0.3 is 19.9 Å². The molecule has 1 aromatic carbocycles. The fraction of sp³-hybridized carbons (Fsp3) is 0.444. The zero-order valence-corrected chi connectivity index (χ0v) is 15.2. The first-order chi connectivity index (χ1) is 13.0. The van der Waals surface area contributed by atoms with Crippen LogP contribution in [0.4, 0.5) is 11.4 Å². The number of aliphatic hydroxyl groups excluding tert-OH is 1. The Kier molecular flexibility index (Phi) is 5.82. The van der Waals surface area contributed by atoms with Crippen LogP contribution in [0, 0.1) is 10.1 Å². The van der Waals surface area contributed by atoms with Crippen LogP contribution in [0.5, 0.6) is 0 Å². The van der Waals surface area contributed by atoms with E-state index in [0.29, 0.717) is 31.4 Å². The van der Waals surface area contributed by atoms with Gasteiger partial charge in [-0.2, -0.15) is 0 Å². The largest absolute Gasteiger partial charge is 0.395 e. The molecule has 0 saturated carbocycles. The minimum Gasteiger partial charge on any atom is -0.395 e. The highest BCUT2D eigenvalue weighted by Crippen LogP contribution is 2.32. The van der Waals surface area contributed by atoms with Crippen molar-refractivity contribution in [2.24, 2.45) is 7.05 Å². The van der Waals surface area contributed by atoms with Crippen LogP contribution in [0.25, 0.3) is 0 Å². The second-order valence-corrected chi connectivity index (χ2v) is 6.59. The van der Waals surface area contributed by atoms with Gasteiger partial charge in [0.05, 0.1) is 11.5 Å². The van der Waals surface area contributed by atoms with E-state index in [0.717, 1.165) is 12.8 Å². The molecule has 0 amide bonds. The van der Waals surface area contributed by atoms with Crippen LogP contribution in [-0.2, 0) is 7.05 Å². The van der Waals surface area contributed by atoms with Crippen LogP contribution in [0.1, 0.15) is 29.0 Å². The molecule has 2 heterocycles. The van der Waals surface area contributed by atoms with Crippen molar-refractivity contribution in [2.45, 2.75) is 18.9 Å². The lowest BCUT2D eigenvalue weighted by Gasteiger charge is -2.33. The first kappa shape index (κ1) is 19.0. The maximum Gasteiger partial charge on any atom is 0.293 e. The van der Waals surface area contributed by atoms with Gasteiger partial charge in [-0.25, -0.2) is 4.98 Å². The van der Waals surface area contributed by atoms with Crippen LogP contribution in [0.2, 0.25) is 0 Å². The van der Waals surface area contributed by atoms with Gasteiger partial charge >= 0.3 is 0 Å². The summed E-state index contributed by atoms with van der Waals surface area (Å²) >= 11 is 0. The number of benzene rings is 1. The summed E-state index contributed by atoms with van der Waals surface area (Å²) in [6.07, 6.45) is 4.85. The molecule has 3 rings (SSSR count). The van der Waals surface area contributed by atoms with E-state index in [9.17, 15) is 14.9 Å². The number of aromatic nitrogens is 2. The van der Waals surface area contributed by atoms with Gasteiger partial charge in [0, 0.05) is 56.7 Å². The molecule has 1 aliphatic rings. The van der Waals surface area contributed by atoms with Crippen molar-refractivity contribution in [3.05, 3.63) is 52.1 Å². The molecule has 1 saturated heterocycles. The number of hydrogen-bond donors (Lipinski definition) is 2. The molecule has 2 N–H and O–H groups in total. The van der Waals surface area contributed by atoms with Gasteiger partial charge in [-0.1, -0.05) is 0 Å². The highest BCUT2D eigenvalue weighted by molar-refractivity contribution is 6.07. The van der Waals surface area contributed by atoms with E-state index in [4.69, 9.17) is 5.11 Å². The number of nitro benzene ring substituents is 1. The molecule has 2 aromatic rings. The lowest BCUT2D eigenvalue weighted by Crippen LogP contribution is -2.43. The summed E-state index contributed by atoms with van der Waals surface area (Å²) in [7, 11) is 1.71. The third kappa shape index (κ3) is 4.15. The smallest absolute Gasteiger partial charge is 0.293 e. The zero-order valence-electron chi connectivity index (χ0n) is 15.2. The number of nitro groups is 1. The van der Waals surface area contributed by atoms with Crippen LogP contribution in [0.3, 0.4) is 0 Å². The van der Waals surface area contributed by atoms with E-state index in [2.05, 4.69) is 10.3 Å². The molecule has 0 bridgehead atoms. The van der Waals surface area contributed by atoms with E-state index in [1.807, 2.05) is 4.90 Å². The maximum absolute atomic E-state index is 12.6. The summed E-state index contributed by atoms with van der Waals surface area (Å²) < 4.78 is 1.59. The molecule has 1 fully saturated rings. The second kappa shape index (κ2) is 8.28. The summed E-state index contributed by atoms with van der Waals surface area (Å²) in [6, 6.07) is 4.91. The molecule has 0 spiro atoms. The SMILES string of the molecule is Cn1ccnc1C(=O)c1ccc(N2CCC(NCCO)CC2)c([N+](=O)[O-])c1. The molecular weight excluding hydrogens is 350 g/mol. The average Bonchev–Trinajstić information content (AvgIpc) is 3.11. The number of carbonyl (C=O) groups is 1. The highest BCUT2D eigenvalue weighted by Gasteiger charge is 2.26. The number of ketones is 1. The standard InChI is InChI=1S/C18H23N5O4/c1-21-10-6-20-18(21)17(25)13-2-3-15(16(12-13)23(26)27)22-8-4-14(5-9-22)19-7-11-24/h2-3,6,10,12,14,19,24H,4-5,7-9,11H2,1H3. The number of rotatable bonds is 7. The lowest BCUT2D eigenvalue weighted by molar-refractivity contribution is -0.384. The molecular formula is C18H23N5O4. The van der Waals surface area contributed by atoms with Crippen LogP contribution < -0.4 is 10.2 Å². The fourth-order valence-corrected chi connectivity index (χ4v) is 3.39. The lowest BCUT2D eigenvalue weighted by atomic mass is 10.0. The highest BCUT2D eigenvalue weighted by atomic mass is 16.6. The van der Waals surface area contributed by atoms with Crippen LogP contribution in [-0.4, -0.2) is 57.6 Å². The van der Waals surface area contributed by atoms with Gasteiger partial charge in [0.15, 0.2) is 5.82 Å². The van der Waals surface area contributed by atoms with Crippen molar-refractivity contribution in [3.8, 4) is 0 Å². The molecule has 0 unspecified atom stereocenters. The van der Waals surface area contributed by atoms with Crippen LogP contribution >= 0.6 is 0 Å². The summed E-state index contributed by atoms with van der Waals surface area (Å²) in [6.45, 7) is 2.00. The topological polar surface area (TPSA) is 114 Å². The number of nitrogens with one attached hydrogen (secondary N) is 1. The number of aliphatic hydroxyl groups is 1. The molecule has 144 valence electrons. The minimum atomic E-state index is -0.444. The Hall–Kier alpha value is -2.78. The summed E-state index contributed by atoms with van der Waals surface area (Å²) in [5.74, 6) is -0.100. The number of nitrogens with zero attached hydrogens (tertiary/aromatic N) is 4. The van der Waals surface area contributed by atoms with E-state index in [1.165, 1.54) is 12.3 Å². The Bertz CT molecular complexity index is 827. The van der Waals surface area contributed by atoms with E-state index < -0.39 is 4.92 Å². The van der Waals surface area contributed by atoms with Crippen molar-refractivity contribution >= 4 is 17.2 Å². The Labute approximate surface area is 156 Å². The average molecular weight is 373 g/mol. The molecule has 1 aromatic heterocycles. The van der Waals surface area contributed by atoms with Crippen molar-refractivity contribution in [2.75, 3.05) is 31.1 Å². The van der Waals surface area contributed by atoms with Crippen molar-refractivity contribution in [1.82, 2.24) is 14.9 Å². The van der Waals surface area contributed by atoms with Gasteiger partial charge in [-0.05, 0) is 25.0 Å². The van der Waals surface area contributed by atoms with Gasteiger partial charge in [0.2, 0.25) is 5.78 Å². The number of carbonyl (C=O) groups excluding carboxylic acids is 1. The van der Waals surface area contributed by atoms with E-state index in [1.54, 1.807) is 29.9 Å². The maximum atomic E-state index is 12.6. The minimum absolute atomic E-state index is 0.0724. The Balaban J connectivity index is 1.80. The Morgan fingerprint density at radius 3 is 2.74 bits per heavy atom. The third-order valence-corrected chi connectivity index (χ3v) is 4.84. The summed E-state index contributed by atoms with van der Waals surface area (Å²) in [5, 5.41) is 23.8. The molecule has 0 atom stereocenters. The number of hydrogen-bond acceptors (Lipinski definition) is 7. The second-order valence-electron chi connectivity index (χ2n) is 6.59. The first-order valence-electron chi connectivity index (χ1n) is 8.91. The Morgan fingerprint density at radius 1 is 1.41 bits per heavy atom. The quantitative estimate of drug-likeness (QED) is 0.424. The van der Waals surface area contributed by atoms with Gasteiger partial charge in [0.1, 0.15) is 5.69 Å². The number of piperidine rings is 1. The van der Waals surface area contributed by atoms with Crippen LogP contribution in [0.15, 0.2) is 30.6 Å². The fourth-order valence-electron chi connectivity index (χ4n) is 3.39. The zero-order chi connectivity index (χ0) is 19.4. The van der Waals surface area contributed by atoms with Crippen molar-refractivity contribution < 1.29 is 14.8 Å². The normalized spacial score (nSPS) is 15.1. The predicted molar refractivity (Wildman–Crippen MR) is 100 cm³/mol. The first-order valence-corrected chi connectivity index (χ1v) is 8.91. The predicted octanol–water partition coefficient (Wildman–Crippen LogP) is 1.11. The monoisotopic (exact) mass is 373 g/mol. The van der Waals surface area contributed by atoms with E-state index in [-0.39, 0.29) is 29.5 Å². The van der Waals surface area contributed by atoms with Gasteiger partial charge in [-0.15, -0.1) is 0 Å². The summed E-state index contributed by atoms with van der Waals surface area (Å²) in [4.78, 5) is 29.7. The summed E-state index contributed by atoms with van der Waals surface area (Å²) in [5.41, 5.74) is 0.702. The third-order valence-electron chi connectivity index (χ3n) is 4.84. The van der Waals surface area contributed by atoms with Crippen molar-refractivity contribution in [3.63, 3.8) is 0 Å². The molecule has 27 heavy (non-hydrogen) atoms. The number of imidazole rings is 1.